The van der Waals surface area contributed by atoms with Crippen molar-refractivity contribution in [3.63, 3.8) is 0 Å². The molecule has 1 aromatic heterocycles. The van der Waals surface area contributed by atoms with Crippen molar-refractivity contribution >= 4 is 17.7 Å². The molecule has 9 nitrogen and oxygen atoms in total. The lowest BCUT2D eigenvalue weighted by atomic mass is 9.33. The van der Waals surface area contributed by atoms with E-state index in [-0.39, 0.29) is 64.0 Å². The first-order valence-electron chi connectivity index (χ1n) is 21.9. The van der Waals surface area contributed by atoms with Crippen LogP contribution in [0.25, 0.3) is 0 Å². The lowest BCUT2D eigenvalue weighted by molar-refractivity contribution is -0.203. The van der Waals surface area contributed by atoms with Crippen LogP contribution < -0.4 is 11.6 Å². The fraction of sp³-hybridized carbons (Fsp3) is 0.600. The number of allylic oxidation sites excluding steroid dienone is 2. The average molecular weight is 806 g/mol. The van der Waals surface area contributed by atoms with Crippen LogP contribution in [0.15, 0.2) is 85.9 Å². The minimum absolute atomic E-state index is 0.0442. The molecule has 10 atom stereocenters. The summed E-state index contributed by atoms with van der Waals surface area (Å²) in [4.78, 5) is 56.0. The van der Waals surface area contributed by atoms with E-state index in [1.807, 2.05) is 87.5 Å². The number of esters is 2. The average Bonchev–Trinajstić information content (AvgIpc) is 3.60. The van der Waals surface area contributed by atoms with E-state index in [9.17, 15) is 14.4 Å². The Hall–Kier alpha value is -4.24. The smallest absolute Gasteiger partial charge is 0.457 e. The van der Waals surface area contributed by atoms with Crippen molar-refractivity contribution in [2.24, 2.45) is 56.0 Å². The largest absolute Gasteiger partial charge is 0.519 e. The highest BCUT2D eigenvalue weighted by Crippen LogP contribution is 2.75. The van der Waals surface area contributed by atoms with Gasteiger partial charge in [0.15, 0.2) is 30.0 Å². The highest BCUT2D eigenvalue weighted by molar-refractivity contribution is 5.96. The minimum Gasteiger partial charge on any atom is -0.457 e. The Labute approximate surface area is 348 Å². The molecule has 0 unspecified atom stereocenters. The number of rotatable bonds is 8. The number of carbonyl (C=O) groups is 3. The van der Waals surface area contributed by atoms with E-state index in [1.165, 1.54) is 5.57 Å². The Morgan fingerprint density at radius 1 is 0.797 bits per heavy atom. The molecule has 59 heavy (non-hydrogen) atoms. The van der Waals surface area contributed by atoms with Crippen LogP contribution in [0.2, 0.25) is 0 Å². The van der Waals surface area contributed by atoms with E-state index >= 15 is 4.79 Å². The second-order valence-electron chi connectivity index (χ2n) is 20.8. The first-order valence-corrected chi connectivity index (χ1v) is 21.9. The zero-order valence-corrected chi connectivity index (χ0v) is 36.2. The zero-order valence-electron chi connectivity index (χ0n) is 36.2. The summed E-state index contributed by atoms with van der Waals surface area (Å²) in [7, 11) is 0. The van der Waals surface area contributed by atoms with Crippen molar-refractivity contribution in [3.05, 3.63) is 106 Å². The number of benzene rings is 2. The molecule has 0 amide bonds. The van der Waals surface area contributed by atoms with Gasteiger partial charge in [-0.2, -0.15) is 0 Å². The molecule has 0 aliphatic heterocycles. The first-order chi connectivity index (χ1) is 27.8. The van der Waals surface area contributed by atoms with Gasteiger partial charge >= 0.3 is 17.8 Å². The summed E-state index contributed by atoms with van der Waals surface area (Å²) in [6, 6.07) is 19.4. The van der Waals surface area contributed by atoms with Crippen LogP contribution in [-0.2, 0) is 30.5 Å². The van der Waals surface area contributed by atoms with E-state index in [0.717, 1.165) is 56.1 Å². The second kappa shape index (κ2) is 14.5. The molecule has 2 aromatic carbocycles. The Morgan fingerprint density at radius 2 is 1.42 bits per heavy atom. The summed E-state index contributed by atoms with van der Waals surface area (Å²) in [5, 5.41) is 0. The van der Waals surface area contributed by atoms with Crippen LogP contribution in [0.3, 0.4) is 0 Å². The van der Waals surface area contributed by atoms with E-state index in [2.05, 4.69) is 34.6 Å². The predicted octanol–water partition coefficient (Wildman–Crippen LogP) is 10.0. The zero-order chi connectivity index (χ0) is 42.3. The highest BCUT2D eigenvalue weighted by atomic mass is 16.6. The van der Waals surface area contributed by atoms with Gasteiger partial charge in [-0.15, -0.1) is 0 Å². The van der Waals surface area contributed by atoms with Gasteiger partial charge in [-0.3, -0.25) is 14.4 Å². The lowest BCUT2D eigenvalue weighted by Gasteiger charge is -2.70. The first kappa shape index (κ1) is 41.5. The summed E-state index contributed by atoms with van der Waals surface area (Å²) in [6.07, 6.45) is 8.49. The standard InChI is InChI=1S/C50H63NO8/c1-30(2)39-36(57-44(55)59-39)29-56-43(54)50(8)37-19-22-49(7)41(47(37,5)21-20-38(50)51)35(52)27-33-34-28-46(4,24-23-45(34,3)25-26-48(33,49)6)42(53)58-40(31-15-11-9-12-16-31)32-17-13-10-14-18-32/h9-18,27,30,34,37-38,40-41H,19-26,28-29,51H2,1-8H3/t34-,37+,38-,41+,45+,46-,47-,48+,49+,50-/m0/s1. The van der Waals surface area contributed by atoms with Crippen molar-refractivity contribution in [1.82, 2.24) is 0 Å². The molecule has 0 radical (unpaired) electrons. The quantitative estimate of drug-likeness (QED) is 0.220. The van der Waals surface area contributed by atoms with Gasteiger partial charge in [0.25, 0.3) is 0 Å². The highest BCUT2D eigenvalue weighted by Gasteiger charge is 2.72. The normalized spacial score (nSPS) is 37.7. The van der Waals surface area contributed by atoms with Crippen molar-refractivity contribution in [2.45, 2.75) is 138 Å². The van der Waals surface area contributed by atoms with E-state index in [4.69, 9.17) is 24.0 Å². The van der Waals surface area contributed by atoms with Crippen molar-refractivity contribution < 1.29 is 32.7 Å². The fourth-order valence-corrected chi connectivity index (χ4v) is 13.4. The van der Waals surface area contributed by atoms with Crippen LogP contribution >= 0.6 is 0 Å². The van der Waals surface area contributed by atoms with Crippen LogP contribution in [0.1, 0.15) is 148 Å². The molecule has 0 saturated heterocycles. The molecule has 2 N–H and O–H groups in total. The van der Waals surface area contributed by atoms with Crippen molar-refractivity contribution in [1.29, 1.82) is 0 Å². The Morgan fingerprint density at radius 3 is 2.05 bits per heavy atom. The molecule has 1 heterocycles. The molecule has 5 aliphatic carbocycles. The minimum atomic E-state index is -1.06. The monoisotopic (exact) mass is 805 g/mol. The maximum Gasteiger partial charge on any atom is 0.519 e. The number of nitrogens with two attached hydrogens (primary N) is 1. The fourth-order valence-electron chi connectivity index (χ4n) is 13.4. The number of ketones is 1. The molecule has 0 bridgehead atoms. The summed E-state index contributed by atoms with van der Waals surface area (Å²) < 4.78 is 23.0. The SMILES string of the molecule is CC(C)c1oc(=O)oc1COC(=O)[C@@]1(C)[C@@H]2CC[C@]3(C)[C@H](C(=O)C=C4[C@@H]5C[C@@](C)(C(=O)OC(c6ccccc6)c6ccccc6)CC[C@]5(C)CC[C@]43C)[C@@]2(C)CC[C@@H]1N. The third-order valence-corrected chi connectivity index (χ3v) is 17.2. The van der Waals surface area contributed by atoms with Gasteiger partial charge < -0.3 is 24.0 Å². The number of hydrogen-bond donors (Lipinski definition) is 1. The molecule has 0 spiro atoms. The van der Waals surface area contributed by atoms with Crippen molar-refractivity contribution in [3.8, 4) is 0 Å². The molecular weight excluding hydrogens is 743 g/mol. The van der Waals surface area contributed by atoms with Crippen LogP contribution in [0.4, 0.5) is 0 Å². The molecule has 4 fully saturated rings. The molecule has 9 heteroatoms. The third kappa shape index (κ3) is 6.34. The second-order valence-corrected chi connectivity index (χ2v) is 20.8. The van der Waals surface area contributed by atoms with Crippen LogP contribution in [0, 0.1) is 50.2 Å². The topological polar surface area (TPSA) is 139 Å². The molecule has 3 aromatic rings. The van der Waals surface area contributed by atoms with Gasteiger partial charge in [0.1, 0.15) is 0 Å². The molecule has 5 aliphatic rings. The Bertz CT molecular complexity index is 2170. The van der Waals surface area contributed by atoms with Gasteiger partial charge in [-0.05, 0) is 122 Å². The maximum absolute atomic E-state index is 15.1. The predicted molar refractivity (Wildman–Crippen MR) is 224 cm³/mol. The molecule has 8 rings (SSSR count). The number of hydrogen-bond acceptors (Lipinski definition) is 9. The van der Waals surface area contributed by atoms with Gasteiger partial charge in [0.05, 0.1) is 10.8 Å². The summed E-state index contributed by atoms with van der Waals surface area (Å²) in [5.41, 5.74) is 6.97. The molecule has 4 saturated carbocycles. The number of fused-ring (bicyclic) bond motifs is 7. The number of ether oxygens (including phenoxy) is 2. The van der Waals surface area contributed by atoms with Gasteiger partial charge in [0, 0.05) is 17.9 Å². The number of carbonyl (C=O) groups excluding carboxylic acids is 3. The van der Waals surface area contributed by atoms with Gasteiger partial charge in [-0.1, -0.05) is 108 Å². The van der Waals surface area contributed by atoms with E-state index < -0.39 is 40.2 Å². The Kier molecular flexibility index (Phi) is 10.2. The van der Waals surface area contributed by atoms with Crippen LogP contribution in [0.5, 0.6) is 0 Å². The summed E-state index contributed by atoms with van der Waals surface area (Å²) in [6.45, 7) is 16.9. The van der Waals surface area contributed by atoms with E-state index in [1.54, 1.807) is 0 Å². The Balaban J connectivity index is 1.09. The van der Waals surface area contributed by atoms with E-state index in [0.29, 0.717) is 18.6 Å². The molecule has 316 valence electrons. The maximum atomic E-state index is 15.1. The van der Waals surface area contributed by atoms with Gasteiger partial charge in [-0.25, -0.2) is 4.79 Å². The third-order valence-electron chi connectivity index (χ3n) is 17.2. The molecular formula is C50H63NO8. The van der Waals surface area contributed by atoms with Gasteiger partial charge in [0.2, 0.25) is 0 Å². The summed E-state index contributed by atoms with van der Waals surface area (Å²) in [5.74, 6) is -1.33. The lowest BCUT2D eigenvalue weighted by Crippen LogP contribution is -2.69. The summed E-state index contributed by atoms with van der Waals surface area (Å²) >= 11 is 0. The van der Waals surface area contributed by atoms with Crippen molar-refractivity contribution in [2.75, 3.05) is 0 Å². The van der Waals surface area contributed by atoms with Crippen LogP contribution in [-0.4, -0.2) is 23.8 Å².